The number of carbonyl (C=O) groups is 1. The van der Waals surface area contributed by atoms with Crippen LogP contribution < -0.4 is 0 Å². The van der Waals surface area contributed by atoms with Crippen molar-refractivity contribution < 1.29 is 26.4 Å². The number of ether oxygens (including phenoxy) is 1. The van der Waals surface area contributed by atoms with E-state index in [9.17, 15) is 21.6 Å². The Balaban J connectivity index is 1.66. The summed E-state index contributed by atoms with van der Waals surface area (Å²) < 4.78 is 51.5. The van der Waals surface area contributed by atoms with Crippen LogP contribution in [0.25, 0.3) is 0 Å². The smallest absolute Gasteiger partial charge is 0.237 e. The van der Waals surface area contributed by atoms with Crippen LogP contribution in [0.2, 0.25) is 0 Å². The van der Waals surface area contributed by atoms with Gasteiger partial charge in [-0.3, -0.25) is 4.79 Å². The highest BCUT2D eigenvalue weighted by molar-refractivity contribution is 7.91. The van der Waals surface area contributed by atoms with Crippen LogP contribution in [0.5, 0.6) is 0 Å². The fraction of sp³-hybridized carbons (Fsp3) is 0.933. The largest absolute Gasteiger partial charge is 0.377 e. The fourth-order valence-electron chi connectivity index (χ4n) is 3.31. The zero-order valence-corrected chi connectivity index (χ0v) is 16.6. The van der Waals surface area contributed by atoms with Crippen LogP contribution in [-0.4, -0.2) is 81.8 Å². The first-order chi connectivity index (χ1) is 11.7. The van der Waals surface area contributed by atoms with Crippen molar-refractivity contribution in [2.45, 2.75) is 44.2 Å². The van der Waals surface area contributed by atoms with E-state index in [1.165, 1.54) is 0 Å². The van der Waals surface area contributed by atoms with Crippen LogP contribution in [0.15, 0.2) is 0 Å². The summed E-state index contributed by atoms with van der Waals surface area (Å²) in [5, 5.41) is 0. The van der Waals surface area contributed by atoms with Crippen LogP contribution in [0.1, 0.15) is 32.1 Å². The third kappa shape index (κ3) is 6.69. The maximum atomic E-state index is 12.0. The van der Waals surface area contributed by atoms with E-state index in [4.69, 9.17) is 16.3 Å². The molecule has 0 aromatic rings. The molecular formula is C15H26ClNO6S2. The van der Waals surface area contributed by atoms with Crippen LogP contribution in [0.3, 0.4) is 0 Å². The molecule has 10 heteroatoms. The summed E-state index contributed by atoms with van der Waals surface area (Å²) in [6.07, 6.45) is 3.20. The molecule has 2 heterocycles. The van der Waals surface area contributed by atoms with Gasteiger partial charge in [-0.1, -0.05) is 0 Å². The van der Waals surface area contributed by atoms with Crippen LogP contribution in [-0.2, 0) is 29.2 Å². The van der Waals surface area contributed by atoms with Gasteiger partial charge >= 0.3 is 0 Å². The Bertz CT molecular complexity index is 664. The Labute approximate surface area is 154 Å². The Kier molecular flexibility index (Phi) is 7.54. The molecule has 7 nitrogen and oxygen atoms in total. The van der Waals surface area contributed by atoms with Crippen molar-refractivity contribution >= 4 is 37.2 Å². The molecule has 0 saturated carbocycles. The number of halogens is 1. The quantitative estimate of drug-likeness (QED) is 0.404. The third-order valence-corrected chi connectivity index (χ3v) is 8.39. The summed E-state index contributed by atoms with van der Waals surface area (Å²) in [5.74, 6) is 0.0988. The van der Waals surface area contributed by atoms with Gasteiger partial charge in [0.05, 0.1) is 29.1 Å². The van der Waals surface area contributed by atoms with Gasteiger partial charge in [0.25, 0.3) is 0 Å². The van der Waals surface area contributed by atoms with Gasteiger partial charge in [0, 0.05) is 19.2 Å². The van der Waals surface area contributed by atoms with E-state index in [1.54, 1.807) is 4.90 Å². The molecule has 0 radical (unpaired) electrons. The number of hydrogen-bond acceptors (Lipinski definition) is 6. The Morgan fingerprint density at radius 1 is 1.00 bits per heavy atom. The lowest BCUT2D eigenvalue weighted by Gasteiger charge is -2.27. The number of alkyl halides is 1. The van der Waals surface area contributed by atoms with Gasteiger partial charge < -0.3 is 9.64 Å². The van der Waals surface area contributed by atoms with Crippen LogP contribution in [0.4, 0.5) is 0 Å². The molecule has 0 aromatic carbocycles. The molecule has 25 heavy (non-hydrogen) atoms. The monoisotopic (exact) mass is 415 g/mol. The molecule has 146 valence electrons. The molecule has 0 bridgehead atoms. The Morgan fingerprint density at radius 3 is 2.24 bits per heavy atom. The predicted octanol–water partition coefficient (Wildman–Crippen LogP) is 0.615. The summed E-state index contributed by atoms with van der Waals surface area (Å²) in [6, 6.07) is -0.267. The number of amides is 1. The number of unbranched alkanes of at least 4 members (excludes halogenated alkanes) is 2. The van der Waals surface area contributed by atoms with Gasteiger partial charge in [-0.2, -0.15) is 0 Å². The molecule has 0 aromatic heterocycles. The lowest BCUT2D eigenvalue weighted by Crippen LogP contribution is -2.42. The molecule has 0 aliphatic carbocycles. The van der Waals surface area contributed by atoms with Gasteiger partial charge in [0.15, 0.2) is 19.7 Å². The maximum Gasteiger partial charge on any atom is 0.237 e. The highest BCUT2D eigenvalue weighted by atomic mass is 35.5. The topological polar surface area (TPSA) is 97.8 Å². The van der Waals surface area contributed by atoms with E-state index in [-0.39, 0.29) is 46.9 Å². The Hall–Kier alpha value is -0.380. The minimum atomic E-state index is -3.05. The first-order valence-electron chi connectivity index (χ1n) is 8.60. The Morgan fingerprint density at radius 2 is 1.68 bits per heavy atom. The molecule has 2 rings (SSSR count). The zero-order valence-electron chi connectivity index (χ0n) is 14.2. The molecule has 0 spiro atoms. The first kappa shape index (κ1) is 20.9. The van der Waals surface area contributed by atoms with Gasteiger partial charge in [0.2, 0.25) is 5.91 Å². The van der Waals surface area contributed by atoms with Crippen LogP contribution in [0, 0.1) is 0 Å². The second kappa shape index (κ2) is 9.01. The van der Waals surface area contributed by atoms with E-state index in [0.717, 1.165) is 19.3 Å². The van der Waals surface area contributed by atoms with Crippen molar-refractivity contribution in [2.75, 3.05) is 42.0 Å². The third-order valence-electron chi connectivity index (χ3n) is 4.67. The number of sulfone groups is 2. The normalized spacial score (nSPS) is 27.4. The van der Waals surface area contributed by atoms with Gasteiger partial charge in [-0.05, 0) is 32.1 Å². The summed E-state index contributed by atoms with van der Waals surface area (Å²) in [5.41, 5.74) is 0. The van der Waals surface area contributed by atoms with E-state index < -0.39 is 19.7 Å². The second-order valence-electron chi connectivity index (χ2n) is 6.73. The molecule has 2 saturated heterocycles. The molecule has 1 amide bonds. The van der Waals surface area contributed by atoms with Gasteiger partial charge in [-0.25, -0.2) is 16.8 Å². The van der Waals surface area contributed by atoms with Crippen molar-refractivity contribution in [3.05, 3.63) is 0 Å². The number of nitrogens with zero attached hydrogens (tertiary/aromatic N) is 1. The minimum Gasteiger partial charge on any atom is -0.377 e. The van der Waals surface area contributed by atoms with Crippen molar-refractivity contribution in [1.29, 1.82) is 0 Å². The average Bonchev–Trinajstić information content (AvgIpc) is 3.07. The van der Waals surface area contributed by atoms with Crippen molar-refractivity contribution in [3.8, 4) is 0 Å². The van der Waals surface area contributed by atoms with Crippen LogP contribution >= 0.6 is 11.6 Å². The molecule has 2 fully saturated rings. The molecule has 2 atom stereocenters. The zero-order chi connectivity index (χ0) is 18.5. The molecule has 0 N–H and O–H groups in total. The number of rotatable bonds is 9. The van der Waals surface area contributed by atoms with E-state index in [2.05, 4.69) is 0 Å². The summed E-state index contributed by atoms with van der Waals surface area (Å²) in [4.78, 5) is 13.6. The lowest BCUT2D eigenvalue weighted by molar-refractivity contribution is -0.130. The van der Waals surface area contributed by atoms with Gasteiger partial charge in [-0.15, -0.1) is 11.6 Å². The standard InChI is InChI=1S/C15H26ClNO6S2/c16-10-15(18)17(13-4-8-24(19,20)11-13)6-2-1-3-7-23-14-5-9-25(21,22)12-14/h13-14H,1-12H2. The second-order valence-corrected chi connectivity index (χ2v) is 11.5. The van der Waals surface area contributed by atoms with E-state index >= 15 is 0 Å². The molecule has 2 aliphatic rings. The minimum absolute atomic E-state index is 0.0227. The average molecular weight is 416 g/mol. The predicted molar refractivity (Wildman–Crippen MR) is 96.4 cm³/mol. The molecule has 2 unspecified atom stereocenters. The van der Waals surface area contributed by atoms with Crippen molar-refractivity contribution in [1.82, 2.24) is 4.90 Å². The molecular weight excluding hydrogens is 390 g/mol. The first-order valence-corrected chi connectivity index (χ1v) is 12.8. The summed E-state index contributed by atoms with van der Waals surface area (Å²) >= 11 is 5.64. The molecule has 2 aliphatic heterocycles. The van der Waals surface area contributed by atoms with Crippen molar-refractivity contribution in [3.63, 3.8) is 0 Å². The highest BCUT2D eigenvalue weighted by Gasteiger charge is 2.34. The van der Waals surface area contributed by atoms with E-state index in [0.29, 0.717) is 26.0 Å². The highest BCUT2D eigenvalue weighted by Crippen LogP contribution is 2.19. The lowest BCUT2D eigenvalue weighted by atomic mass is 10.1. The summed E-state index contributed by atoms with van der Waals surface area (Å²) in [7, 11) is -5.96. The fourth-order valence-corrected chi connectivity index (χ4v) is 6.81. The summed E-state index contributed by atoms with van der Waals surface area (Å²) in [6.45, 7) is 0.991. The number of carbonyl (C=O) groups excluding carboxylic acids is 1. The SMILES string of the molecule is O=C(CCl)N(CCCCCOC1CCS(=O)(=O)C1)C1CCS(=O)(=O)C1. The van der Waals surface area contributed by atoms with E-state index in [1.807, 2.05) is 0 Å². The van der Waals surface area contributed by atoms with Crippen molar-refractivity contribution in [2.24, 2.45) is 0 Å². The number of hydrogen-bond donors (Lipinski definition) is 0. The maximum absolute atomic E-state index is 12.0. The van der Waals surface area contributed by atoms with Gasteiger partial charge in [0.1, 0.15) is 5.88 Å².